The number of hydrogen-bond acceptors (Lipinski definition) is 3. The molecule has 0 bridgehead atoms. The fourth-order valence-corrected chi connectivity index (χ4v) is 6.62. The molecule has 0 aromatic heterocycles. The third-order valence-electron chi connectivity index (χ3n) is 8.00. The number of fused-ring (bicyclic) bond motifs is 1. The van der Waals surface area contributed by atoms with Gasteiger partial charge in [-0.3, -0.25) is 0 Å². The summed E-state index contributed by atoms with van der Waals surface area (Å²) < 4.78 is 0. The molecule has 2 aliphatic rings. The van der Waals surface area contributed by atoms with Crippen molar-refractivity contribution >= 4 is 0 Å². The maximum absolute atomic E-state index is 10.6. The first-order chi connectivity index (χ1) is 12.3. The monoisotopic (exact) mass is 382 g/mol. The largest absolute Gasteiger partial charge is 0.393 e. The maximum Gasteiger partial charge on any atom is 0.0591 e. The van der Waals surface area contributed by atoms with Gasteiger partial charge in [0.2, 0.25) is 0 Å². The van der Waals surface area contributed by atoms with E-state index in [4.69, 9.17) is 0 Å². The van der Waals surface area contributed by atoms with Crippen molar-refractivity contribution in [3.8, 4) is 0 Å². The highest BCUT2D eigenvalue weighted by atomic mass is 16.3. The second-order valence-corrected chi connectivity index (χ2v) is 11.7. The van der Waals surface area contributed by atoms with E-state index >= 15 is 0 Å². The van der Waals surface area contributed by atoms with Gasteiger partial charge in [-0.15, -0.1) is 0 Å². The van der Waals surface area contributed by atoms with E-state index in [1.807, 2.05) is 27.7 Å². The average molecular weight is 383 g/mol. The van der Waals surface area contributed by atoms with Crippen LogP contribution in [-0.4, -0.2) is 32.6 Å². The van der Waals surface area contributed by atoms with Crippen LogP contribution in [0.25, 0.3) is 0 Å². The Morgan fingerprint density at radius 2 is 1.33 bits per heavy atom. The van der Waals surface area contributed by atoms with E-state index in [2.05, 4.69) is 13.8 Å². The number of rotatable bonds is 9. The Balaban J connectivity index is 2.15. The van der Waals surface area contributed by atoms with E-state index in [0.29, 0.717) is 11.8 Å². The number of hydrogen-bond donors (Lipinski definition) is 3. The summed E-state index contributed by atoms with van der Waals surface area (Å²) in [5.41, 5.74) is -0.735. The minimum Gasteiger partial charge on any atom is -0.393 e. The minimum absolute atomic E-state index is 0.120. The van der Waals surface area contributed by atoms with Crippen LogP contribution in [0.4, 0.5) is 0 Å². The van der Waals surface area contributed by atoms with E-state index in [1.54, 1.807) is 0 Å². The average Bonchev–Trinajstić information content (AvgIpc) is 2.83. The van der Waals surface area contributed by atoms with Crippen LogP contribution >= 0.6 is 0 Å². The van der Waals surface area contributed by atoms with Gasteiger partial charge in [0.1, 0.15) is 0 Å². The smallest absolute Gasteiger partial charge is 0.0591 e. The van der Waals surface area contributed by atoms with Gasteiger partial charge in [-0.25, -0.2) is 0 Å². The highest BCUT2D eigenvalue weighted by Gasteiger charge is 2.55. The molecule has 0 radical (unpaired) electrons. The number of aliphatic hydroxyl groups is 3. The zero-order chi connectivity index (χ0) is 20.5. The van der Waals surface area contributed by atoms with Crippen LogP contribution in [0, 0.1) is 22.7 Å². The highest BCUT2D eigenvalue weighted by Crippen LogP contribution is 2.62. The highest BCUT2D eigenvalue weighted by molar-refractivity contribution is 5.05. The molecule has 0 aromatic rings. The van der Waals surface area contributed by atoms with Gasteiger partial charge in [0.15, 0.2) is 0 Å². The van der Waals surface area contributed by atoms with Crippen molar-refractivity contribution < 1.29 is 15.3 Å². The molecule has 0 amide bonds. The van der Waals surface area contributed by atoms with E-state index in [-0.39, 0.29) is 16.9 Å². The Morgan fingerprint density at radius 1 is 0.815 bits per heavy atom. The van der Waals surface area contributed by atoms with E-state index in [9.17, 15) is 15.3 Å². The van der Waals surface area contributed by atoms with Crippen molar-refractivity contribution in [1.82, 2.24) is 0 Å². The van der Waals surface area contributed by atoms with Crippen molar-refractivity contribution in [2.24, 2.45) is 22.7 Å². The van der Waals surface area contributed by atoms with Gasteiger partial charge in [0.25, 0.3) is 0 Å². The first-order valence-corrected chi connectivity index (χ1v) is 11.4. The molecular formula is C24H46O3. The van der Waals surface area contributed by atoms with Crippen LogP contribution in [0.2, 0.25) is 0 Å². The van der Waals surface area contributed by atoms with Crippen LogP contribution in [0.5, 0.6) is 0 Å². The van der Waals surface area contributed by atoms with Crippen LogP contribution in [0.3, 0.4) is 0 Å². The lowest BCUT2D eigenvalue weighted by Crippen LogP contribution is -2.45. The molecule has 2 fully saturated rings. The summed E-state index contributed by atoms with van der Waals surface area (Å²) in [5.74, 6) is 1.09. The molecule has 0 aromatic carbocycles. The third-order valence-corrected chi connectivity index (χ3v) is 8.00. The predicted molar refractivity (Wildman–Crippen MR) is 113 cm³/mol. The summed E-state index contributed by atoms with van der Waals surface area (Å²) in [5, 5.41) is 31.0. The molecule has 0 aliphatic heterocycles. The molecule has 3 N–H and O–H groups in total. The molecule has 0 heterocycles. The van der Waals surface area contributed by atoms with Crippen molar-refractivity contribution in [1.29, 1.82) is 0 Å². The molecule has 2 aliphatic carbocycles. The summed E-state index contributed by atoms with van der Waals surface area (Å²) in [6.07, 6.45) is 11.6. The van der Waals surface area contributed by atoms with E-state index in [0.717, 1.165) is 57.8 Å². The van der Waals surface area contributed by atoms with Gasteiger partial charge < -0.3 is 15.3 Å². The third kappa shape index (κ3) is 5.93. The lowest BCUT2D eigenvalue weighted by Gasteiger charge is -2.50. The zero-order valence-corrected chi connectivity index (χ0v) is 18.9. The normalized spacial score (nSPS) is 32.6. The second kappa shape index (κ2) is 8.32. The SMILES string of the molecule is CC(C)(O)CCCC(C)(CCCC(C)(C)O)[C@H]1CC[C@H]2[C@@H](O)CCC[C@@]12C. The molecule has 0 saturated heterocycles. The Hall–Kier alpha value is -0.120. The molecule has 2 saturated carbocycles. The molecule has 27 heavy (non-hydrogen) atoms. The molecule has 4 atom stereocenters. The molecule has 3 nitrogen and oxygen atoms in total. The van der Waals surface area contributed by atoms with Crippen molar-refractivity contribution in [3.63, 3.8) is 0 Å². The topological polar surface area (TPSA) is 60.7 Å². The summed E-state index contributed by atoms with van der Waals surface area (Å²) in [6.45, 7) is 12.5. The van der Waals surface area contributed by atoms with Crippen LogP contribution < -0.4 is 0 Å². The quantitative estimate of drug-likeness (QED) is 0.497. The van der Waals surface area contributed by atoms with Crippen LogP contribution in [0.1, 0.15) is 112 Å². The second-order valence-electron chi connectivity index (χ2n) is 11.7. The molecule has 0 unspecified atom stereocenters. The Bertz CT molecular complexity index is 453. The van der Waals surface area contributed by atoms with Gasteiger partial charge in [-0.05, 0) is 102 Å². The van der Waals surface area contributed by atoms with Gasteiger partial charge in [0, 0.05) is 0 Å². The summed E-state index contributed by atoms with van der Waals surface area (Å²) in [7, 11) is 0. The maximum atomic E-state index is 10.6. The van der Waals surface area contributed by atoms with Gasteiger partial charge in [-0.2, -0.15) is 0 Å². The number of aliphatic hydroxyl groups excluding tert-OH is 1. The molecular weight excluding hydrogens is 336 g/mol. The van der Waals surface area contributed by atoms with Crippen molar-refractivity contribution in [2.45, 2.75) is 129 Å². The van der Waals surface area contributed by atoms with Gasteiger partial charge in [0.05, 0.1) is 17.3 Å². The minimum atomic E-state index is -0.600. The lowest BCUT2D eigenvalue weighted by atomic mass is 9.55. The zero-order valence-electron chi connectivity index (χ0n) is 18.9. The Kier molecular flexibility index (Phi) is 7.14. The summed E-state index contributed by atoms with van der Waals surface area (Å²) in [6, 6.07) is 0. The standard InChI is InChI=1S/C24H46O3/c1-21(2,26)13-8-15-23(5,16-9-14-22(3,4)27)20-12-11-18-19(25)10-7-17-24(18,20)6/h18-20,25-27H,7-17H2,1-6H3/t18-,19-,20+,24+/m0/s1. The molecule has 3 heteroatoms. The molecule has 0 spiro atoms. The lowest BCUT2D eigenvalue weighted by molar-refractivity contribution is -0.0543. The van der Waals surface area contributed by atoms with Gasteiger partial charge >= 0.3 is 0 Å². The van der Waals surface area contributed by atoms with Crippen molar-refractivity contribution in [3.05, 3.63) is 0 Å². The fraction of sp³-hybridized carbons (Fsp3) is 1.00. The van der Waals surface area contributed by atoms with Crippen LogP contribution in [0.15, 0.2) is 0 Å². The van der Waals surface area contributed by atoms with Crippen LogP contribution in [-0.2, 0) is 0 Å². The van der Waals surface area contributed by atoms with E-state index < -0.39 is 11.2 Å². The first-order valence-electron chi connectivity index (χ1n) is 11.4. The Morgan fingerprint density at radius 3 is 1.81 bits per heavy atom. The fourth-order valence-electron chi connectivity index (χ4n) is 6.62. The van der Waals surface area contributed by atoms with E-state index in [1.165, 1.54) is 12.8 Å². The summed E-state index contributed by atoms with van der Waals surface area (Å²) in [4.78, 5) is 0. The molecule has 160 valence electrons. The predicted octanol–water partition coefficient (Wildman–Crippen LogP) is 5.45. The van der Waals surface area contributed by atoms with Crippen molar-refractivity contribution in [2.75, 3.05) is 0 Å². The van der Waals surface area contributed by atoms with Gasteiger partial charge in [-0.1, -0.05) is 33.1 Å². The first kappa shape index (κ1) is 23.2. The molecule has 2 rings (SSSR count). The summed E-state index contributed by atoms with van der Waals surface area (Å²) >= 11 is 0. The Labute approximate surface area is 168 Å².